The highest BCUT2D eigenvalue weighted by Gasteiger charge is 2.18. The third-order valence-electron chi connectivity index (χ3n) is 4.14. The fraction of sp³-hybridized carbons (Fsp3) is 0.158. The molecule has 0 saturated carbocycles. The van der Waals surface area contributed by atoms with Gasteiger partial charge in [0.2, 0.25) is 0 Å². The van der Waals surface area contributed by atoms with Crippen LogP contribution in [0.15, 0.2) is 57.3 Å². The molecule has 0 fully saturated rings. The molecule has 26 heavy (non-hydrogen) atoms. The summed E-state index contributed by atoms with van der Waals surface area (Å²) in [5.41, 5.74) is 1.40. The molecule has 0 atom stereocenters. The average molecular weight is 389 g/mol. The Bertz CT molecular complexity index is 1100. The number of benzene rings is 1. The van der Waals surface area contributed by atoms with E-state index in [1.807, 2.05) is 17.5 Å². The Hall–Kier alpha value is -2.44. The quantitative estimate of drug-likeness (QED) is 0.487. The molecule has 4 nitrogen and oxygen atoms in total. The predicted octanol–water partition coefficient (Wildman–Crippen LogP) is 4.93. The van der Waals surface area contributed by atoms with Gasteiger partial charge in [0, 0.05) is 22.4 Å². The van der Waals surface area contributed by atoms with Gasteiger partial charge in [-0.15, -0.1) is 11.3 Å². The molecule has 0 aliphatic rings. The summed E-state index contributed by atoms with van der Waals surface area (Å²) in [7, 11) is 0. The van der Waals surface area contributed by atoms with Crippen molar-refractivity contribution in [2.24, 2.45) is 0 Å². The van der Waals surface area contributed by atoms with Crippen LogP contribution in [0.4, 0.5) is 4.39 Å². The highest BCUT2D eigenvalue weighted by Crippen LogP contribution is 2.31. The van der Waals surface area contributed by atoms with Crippen molar-refractivity contribution in [2.45, 2.75) is 13.0 Å². The molecule has 0 bridgehead atoms. The lowest BCUT2D eigenvalue weighted by atomic mass is 10.1. The molecule has 4 aromatic rings. The van der Waals surface area contributed by atoms with Crippen LogP contribution in [0.1, 0.15) is 11.4 Å². The smallest absolute Gasteiger partial charge is 0.263 e. The zero-order valence-electron chi connectivity index (χ0n) is 13.6. The van der Waals surface area contributed by atoms with Crippen LogP contribution in [0, 0.1) is 0 Å². The molecular formula is C19H14ClFN2O2S. The minimum absolute atomic E-state index is 0.0296. The maximum absolute atomic E-state index is 13.1. The topological polar surface area (TPSA) is 48.0 Å². The normalized spacial score (nSPS) is 11.3. The molecule has 3 heterocycles. The maximum atomic E-state index is 13.1. The Kier molecular flexibility index (Phi) is 4.61. The second kappa shape index (κ2) is 7.05. The number of aromatic nitrogens is 2. The van der Waals surface area contributed by atoms with Crippen molar-refractivity contribution in [3.05, 3.63) is 74.8 Å². The van der Waals surface area contributed by atoms with E-state index >= 15 is 0 Å². The SMILES string of the molecule is O=c1c2c(-c3ccco3)csc2nc(Cc2ccc(Cl)cc2)n1CCF. The van der Waals surface area contributed by atoms with Gasteiger partial charge in [-0.1, -0.05) is 23.7 Å². The number of hydrogen-bond donors (Lipinski definition) is 0. The van der Waals surface area contributed by atoms with Crippen molar-refractivity contribution in [2.75, 3.05) is 6.67 Å². The summed E-state index contributed by atoms with van der Waals surface area (Å²) in [5.74, 6) is 1.14. The van der Waals surface area contributed by atoms with Crippen LogP contribution in [-0.4, -0.2) is 16.2 Å². The molecule has 0 radical (unpaired) electrons. The third kappa shape index (κ3) is 3.06. The number of hydrogen-bond acceptors (Lipinski definition) is 4. The Labute approximate surface area is 157 Å². The third-order valence-corrected chi connectivity index (χ3v) is 5.27. The Morgan fingerprint density at radius 3 is 2.73 bits per heavy atom. The number of fused-ring (bicyclic) bond motifs is 1. The molecular weight excluding hydrogens is 375 g/mol. The molecule has 132 valence electrons. The summed E-state index contributed by atoms with van der Waals surface area (Å²) >= 11 is 7.30. The van der Waals surface area contributed by atoms with Crippen LogP contribution in [0.3, 0.4) is 0 Å². The number of rotatable bonds is 5. The van der Waals surface area contributed by atoms with E-state index in [-0.39, 0.29) is 12.1 Å². The Morgan fingerprint density at radius 2 is 2.04 bits per heavy atom. The van der Waals surface area contributed by atoms with E-state index in [0.29, 0.717) is 38.8 Å². The maximum Gasteiger partial charge on any atom is 0.263 e. The molecule has 3 aromatic heterocycles. The summed E-state index contributed by atoms with van der Waals surface area (Å²) in [6.45, 7) is -0.668. The van der Waals surface area contributed by atoms with Gasteiger partial charge in [0.1, 0.15) is 23.1 Å². The second-order valence-electron chi connectivity index (χ2n) is 5.78. The van der Waals surface area contributed by atoms with E-state index in [9.17, 15) is 9.18 Å². The van der Waals surface area contributed by atoms with Crippen molar-refractivity contribution in [1.29, 1.82) is 0 Å². The largest absolute Gasteiger partial charge is 0.464 e. The number of thiophene rings is 1. The van der Waals surface area contributed by atoms with Crippen LogP contribution < -0.4 is 5.56 Å². The molecule has 7 heteroatoms. The lowest BCUT2D eigenvalue weighted by Crippen LogP contribution is -2.26. The first-order valence-corrected chi connectivity index (χ1v) is 9.28. The molecule has 0 unspecified atom stereocenters. The lowest BCUT2D eigenvalue weighted by molar-refractivity contribution is 0.433. The summed E-state index contributed by atoms with van der Waals surface area (Å²) < 4.78 is 19.9. The Balaban J connectivity index is 1.87. The zero-order chi connectivity index (χ0) is 18.1. The molecule has 0 spiro atoms. The van der Waals surface area contributed by atoms with Gasteiger partial charge in [-0.25, -0.2) is 9.37 Å². The van der Waals surface area contributed by atoms with E-state index in [1.54, 1.807) is 30.5 Å². The first kappa shape index (κ1) is 17.0. The number of nitrogens with zero attached hydrogens (tertiary/aromatic N) is 2. The van der Waals surface area contributed by atoms with Crippen LogP contribution in [0.2, 0.25) is 5.02 Å². The van der Waals surface area contributed by atoms with Crippen LogP contribution >= 0.6 is 22.9 Å². The van der Waals surface area contributed by atoms with Gasteiger partial charge in [0.05, 0.1) is 18.2 Å². The standard InChI is InChI=1S/C19H14ClFN2O2S/c20-13-5-3-12(4-6-13)10-16-22-18-17(19(24)23(16)8-7-21)14(11-26-18)15-2-1-9-25-15/h1-6,9,11H,7-8,10H2. The molecule has 0 aliphatic carbocycles. The second-order valence-corrected chi connectivity index (χ2v) is 7.08. The van der Waals surface area contributed by atoms with Gasteiger partial charge in [0.25, 0.3) is 5.56 Å². The number of halogens is 2. The highest BCUT2D eigenvalue weighted by molar-refractivity contribution is 7.17. The molecule has 1 aromatic carbocycles. The van der Waals surface area contributed by atoms with Crippen molar-refractivity contribution >= 4 is 33.2 Å². The van der Waals surface area contributed by atoms with Crippen molar-refractivity contribution in [3.8, 4) is 11.3 Å². The fourth-order valence-electron chi connectivity index (χ4n) is 2.91. The van der Waals surface area contributed by atoms with Gasteiger partial charge in [-0.05, 0) is 29.8 Å². The molecule has 0 saturated heterocycles. The molecule has 0 amide bonds. The molecule has 0 N–H and O–H groups in total. The summed E-state index contributed by atoms with van der Waals surface area (Å²) in [6, 6.07) is 10.9. The van der Waals surface area contributed by atoms with Gasteiger partial charge in [-0.3, -0.25) is 9.36 Å². The van der Waals surface area contributed by atoms with Crippen LogP contribution in [-0.2, 0) is 13.0 Å². The minimum Gasteiger partial charge on any atom is -0.464 e. The lowest BCUT2D eigenvalue weighted by Gasteiger charge is -2.11. The molecule has 4 rings (SSSR count). The summed E-state index contributed by atoms with van der Waals surface area (Å²) in [5, 5.41) is 2.96. The van der Waals surface area contributed by atoms with Crippen molar-refractivity contribution in [1.82, 2.24) is 9.55 Å². The number of furan rings is 1. The predicted molar refractivity (Wildman–Crippen MR) is 102 cm³/mol. The van der Waals surface area contributed by atoms with Crippen molar-refractivity contribution < 1.29 is 8.81 Å². The van der Waals surface area contributed by atoms with Gasteiger partial charge < -0.3 is 4.42 Å². The fourth-order valence-corrected chi connectivity index (χ4v) is 3.98. The van der Waals surface area contributed by atoms with E-state index in [1.165, 1.54) is 15.9 Å². The van der Waals surface area contributed by atoms with Crippen LogP contribution in [0.5, 0.6) is 0 Å². The van der Waals surface area contributed by atoms with E-state index < -0.39 is 6.67 Å². The molecule has 0 aliphatic heterocycles. The average Bonchev–Trinajstić information content (AvgIpc) is 3.29. The summed E-state index contributed by atoms with van der Waals surface area (Å²) in [4.78, 5) is 18.3. The van der Waals surface area contributed by atoms with Crippen LogP contribution in [0.25, 0.3) is 21.5 Å². The zero-order valence-corrected chi connectivity index (χ0v) is 15.2. The van der Waals surface area contributed by atoms with Crippen molar-refractivity contribution in [3.63, 3.8) is 0 Å². The first-order valence-electron chi connectivity index (χ1n) is 8.02. The van der Waals surface area contributed by atoms with E-state index in [0.717, 1.165) is 5.56 Å². The van der Waals surface area contributed by atoms with Gasteiger partial charge in [0.15, 0.2) is 0 Å². The summed E-state index contributed by atoms with van der Waals surface area (Å²) in [6.07, 6.45) is 1.98. The highest BCUT2D eigenvalue weighted by atomic mass is 35.5. The monoisotopic (exact) mass is 388 g/mol. The Morgan fingerprint density at radius 1 is 1.23 bits per heavy atom. The van der Waals surface area contributed by atoms with Gasteiger partial charge in [-0.2, -0.15) is 0 Å². The minimum atomic E-state index is -0.638. The number of alkyl halides is 1. The van der Waals surface area contributed by atoms with E-state index in [4.69, 9.17) is 16.0 Å². The van der Waals surface area contributed by atoms with E-state index in [2.05, 4.69) is 4.98 Å². The van der Waals surface area contributed by atoms with Gasteiger partial charge >= 0.3 is 0 Å². The first-order chi connectivity index (χ1) is 12.7.